The van der Waals surface area contributed by atoms with Gasteiger partial charge in [0.25, 0.3) is 0 Å². The Morgan fingerprint density at radius 1 is 1.18 bits per heavy atom. The van der Waals surface area contributed by atoms with Crippen molar-refractivity contribution in [2.45, 2.75) is 5.03 Å². The summed E-state index contributed by atoms with van der Waals surface area (Å²) in [5.41, 5.74) is 7.07. The van der Waals surface area contributed by atoms with Crippen LogP contribution in [0.2, 0.25) is 0 Å². The minimum absolute atomic E-state index is 0.0598. The molecule has 2 heterocycles. The molecular weight excluding hydrogens is 303 g/mol. The molecule has 5 nitrogen and oxygen atoms in total. The molecular formula is C15H13FN4OS. The average molecular weight is 316 g/mol. The summed E-state index contributed by atoms with van der Waals surface area (Å²) < 4.78 is 14.4. The number of pyridine rings is 1. The van der Waals surface area contributed by atoms with Crippen LogP contribution in [-0.4, -0.2) is 24.9 Å². The van der Waals surface area contributed by atoms with Crippen molar-refractivity contribution in [3.63, 3.8) is 0 Å². The van der Waals surface area contributed by atoms with Gasteiger partial charge in [0.2, 0.25) is 0 Å². The largest absolute Gasteiger partial charge is 0.383 e. The van der Waals surface area contributed by atoms with E-state index in [2.05, 4.69) is 10.1 Å². The molecule has 0 radical (unpaired) electrons. The second-order valence-corrected chi connectivity index (χ2v) is 5.56. The summed E-state index contributed by atoms with van der Waals surface area (Å²) in [6.07, 6.45) is 3.13. The first-order valence-corrected chi connectivity index (χ1v) is 7.33. The molecule has 0 bridgehead atoms. The maximum Gasteiger partial charge on any atom is 0.137 e. The molecule has 0 spiro atoms. The van der Waals surface area contributed by atoms with Crippen LogP contribution in [0.3, 0.4) is 0 Å². The third-order valence-electron chi connectivity index (χ3n) is 2.99. The van der Waals surface area contributed by atoms with Crippen molar-refractivity contribution in [2.75, 3.05) is 5.73 Å². The number of rotatable bonds is 3. The van der Waals surface area contributed by atoms with Gasteiger partial charge in [-0.3, -0.25) is 4.98 Å². The summed E-state index contributed by atoms with van der Waals surface area (Å²) in [7, 11) is 0. The molecule has 22 heavy (non-hydrogen) atoms. The van der Waals surface area contributed by atoms with E-state index in [1.54, 1.807) is 30.5 Å². The highest BCUT2D eigenvalue weighted by molar-refractivity contribution is 7.98. The van der Waals surface area contributed by atoms with Gasteiger partial charge in [-0.05, 0) is 36.4 Å². The Bertz CT molecular complexity index is 815. The predicted octanol–water partition coefficient (Wildman–Crippen LogP) is 2.55. The van der Waals surface area contributed by atoms with E-state index in [9.17, 15) is 9.50 Å². The minimum Gasteiger partial charge on any atom is -0.383 e. The lowest BCUT2D eigenvalue weighted by molar-refractivity contribution is 0.571. The Balaban J connectivity index is 1.96. The third kappa shape index (κ3) is 2.90. The fourth-order valence-corrected chi connectivity index (χ4v) is 2.70. The molecule has 0 saturated carbocycles. The quantitative estimate of drug-likeness (QED) is 0.513. The Kier molecular flexibility index (Phi) is 3.99. The van der Waals surface area contributed by atoms with E-state index >= 15 is 0 Å². The molecule has 112 valence electrons. The van der Waals surface area contributed by atoms with Crippen molar-refractivity contribution in [1.29, 1.82) is 0 Å². The first-order valence-electron chi connectivity index (χ1n) is 6.43. The average Bonchev–Trinajstić information content (AvgIpc) is 2.91. The van der Waals surface area contributed by atoms with E-state index in [-0.39, 0.29) is 16.7 Å². The summed E-state index contributed by atoms with van der Waals surface area (Å²) in [4.78, 5) is 4.15. The highest BCUT2D eigenvalue weighted by Gasteiger charge is 2.12. The summed E-state index contributed by atoms with van der Waals surface area (Å²) in [5, 5.41) is 15.1. The zero-order valence-corrected chi connectivity index (χ0v) is 12.3. The smallest absolute Gasteiger partial charge is 0.137 e. The van der Waals surface area contributed by atoms with Crippen molar-refractivity contribution in [2.24, 2.45) is 0 Å². The molecule has 0 saturated heterocycles. The van der Waals surface area contributed by atoms with E-state index in [0.717, 1.165) is 0 Å². The highest BCUT2D eigenvalue weighted by atomic mass is 32.1. The molecule has 0 fully saturated rings. The van der Waals surface area contributed by atoms with Gasteiger partial charge in [0.05, 0.1) is 22.5 Å². The van der Waals surface area contributed by atoms with E-state index in [0.29, 0.717) is 27.6 Å². The number of nitrogen functional groups attached to an aromatic ring is 1. The van der Waals surface area contributed by atoms with Gasteiger partial charge < -0.3 is 10.8 Å². The van der Waals surface area contributed by atoms with E-state index in [1.807, 2.05) is 6.07 Å². The van der Waals surface area contributed by atoms with Crippen LogP contribution in [0.4, 0.5) is 10.2 Å². The number of benzene rings is 1. The fourth-order valence-electron chi connectivity index (χ4n) is 1.91. The first kappa shape index (κ1) is 14.4. The van der Waals surface area contributed by atoms with Gasteiger partial charge in [-0.15, -0.1) is 11.4 Å². The van der Waals surface area contributed by atoms with Crippen LogP contribution < -0.4 is 5.73 Å². The summed E-state index contributed by atoms with van der Waals surface area (Å²) in [6.45, 7) is 0. The fraction of sp³-hybridized carbons (Fsp3) is 0. The molecule has 0 aliphatic carbocycles. The van der Waals surface area contributed by atoms with Gasteiger partial charge in [-0.25, -0.2) is 9.07 Å². The van der Waals surface area contributed by atoms with Crippen LogP contribution in [0.25, 0.3) is 5.69 Å². The summed E-state index contributed by atoms with van der Waals surface area (Å²) in [5.74, 6) is -0.0506. The summed E-state index contributed by atoms with van der Waals surface area (Å²) >= 11 is 0.539. The zero-order chi connectivity index (χ0) is 15.5. The third-order valence-corrected chi connectivity index (χ3v) is 3.93. The lowest BCUT2D eigenvalue weighted by Crippen LogP contribution is -2.05. The van der Waals surface area contributed by atoms with Gasteiger partial charge in [0.1, 0.15) is 16.7 Å². The van der Waals surface area contributed by atoms with Crippen LogP contribution in [0.15, 0.2) is 59.9 Å². The number of hydrogen-bond acceptors (Lipinski definition) is 3. The molecule has 0 aliphatic heterocycles. The molecule has 1 aromatic carbocycles. The number of aliphatic hydroxyl groups is 1. The SMILES string of the molecule is Nc1c(C(O)=[SH]c2ccccn2)cnn1-c1ccc(F)cc1. The molecule has 3 aromatic rings. The number of aromatic nitrogens is 3. The molecule has 3 N–H and O–H groups in total. The van der Waals surface area contributed by atoms with Gasteiger partial charge >= 0.3 is 0 Å². The van der Waals surface area contributed by atoms with Gasteiger partial charge in [-0.1, -0.05) is 6.07 Å². The monoisotopic (exact) mass is 316 g/mol. The van der Waals surface area contributed by atoms with Gasteiger partial charge in [0.15, 0.2) is 0 Å². The van der Waals surface area contributed by atoms with Crippen molar-refractivity contribution in [1.82, 2.24) is 14.8 Å². The zero-order valence-electron chi connectivity index (χ0n) is 11.4. The lowest BCUT2D eigenvalue weighted by Gasteiger charge is -2.05. The highest BCUT2D eigenvalue weighted by Crippen LogP contribution is 2.20. The molecule has 0 atom stereocenters. The van der Waals surface area contributed by atoms with E-state index in [1.165, 1.54) is 23.0 Å². The Hall–Kier alpha value is -2.51. The Morgan fingerprint density at radius 2 is 1.95 bits per heavy atom. The van der Waals surface area contributed by atoms with Crippen molar-refractivity contribution >= 4 is 22.2 Å². The molecule has 3 rings (SSSR count). The second kappa shape index (κ2) is 6.08. The van der Waals surface area contributed by atoms with Crippen LogP contribution in [0, 0.1) is 5.82 Å². The van der Waals surface area contributed by atoms with Crippen molar-refractivity contribution < 1.29 is 9.50 Å². The molecule has 0 unspecified atom stereocenters. The van der Waals surface area contributed by atoms with Crippen LogP contribution >= 0.6 is 11.4 Å². The van der Waals surface area contributed by atoms with E-state index < -0.39 is 0 Å². The topological polar surface area (TPSA) is 77.0 Å². The second-order valence-electron chi connectivity index (χ2n) is 4.46. The maximum atomic E-state index is 13.0. The molecule has 7 heteroatoms. The number of hydrogen-bond donors (Lipinski definition) is 3. The number of nitrogens with two attached hydrogens (primary N) is 1. The number of anilines is 1. The van der Waals surface area contributed by atoms with E-state index in [4.69, 9.17) is 5.73 Å². The maximum absolute atomic E-state index is 13.0. The number of aliphatic hydroxyl groups excluding tert-OH is 1. The minimum atomic E-state index is -0.335. The number of thiol groups is 1. The van der Waals surface area contributed by atoms with Gasteiger partial charge in [-0.2, -0.15) is 5.10 Å². The predicted molar refractivity (Wildman–Crippen MR) is 86.2 cm³/mol. The number of nitrogens with zero attached hydrogens (tertiary/aromatic N) is 3. The molecule has 2 aromatic heterocycles. The standard InChI is InChI=1S/C15H13FN4OS/c16-10-4-6-11(7-5-10)20-14(17)12(9-19-20)15(21)22-13-3-1-2-8-18-13/h1-9,21-22H,17H2. The molecule has 0 amide bonds. The Morgan fingerprint density at radius 3 is 2.64 bits per heavy atom. The molecule has 0 aliphatic rings. The van der Waals surface area contributed by atoms with Crippen LogP contribution in [0.5, 0.6) is 0 Å². The van der Waals surface area contributed by atoms with Crippen LogP contribution in [-0.2, 0) is 0 Å². The number of halogens is 1. The van der Waals surface area contributed by atoms with Gasteiger partial charge in [0, 0.05) is 6.20 Å². The lowest BCUT2D eigenvalue weighted by atomic mass is 10.3. The first-order chi connectivity index (χ1) is 10.6. The van der Waals surface area contributed by atoms with Crippen molar-refractivity contribution in [3.8, 4) is 5.69 Å². The normalized spacial score (nSPS) is 12.0. The van der Waals surface area contributed by atoms with Crippen LogP contribution in [0.1, 0.15) is 5.56 Å². The summed E-state index contributed by atoms with van der Waals surface area (Å²) in [6, 6.07) is 11.2. The Labute approximate surface area is 129 Å². The van der Waals surface area contributed by atoms with Crippen molar-refractivity contribution in [3.05, 3.63) is 66.2 Å².